The van der Waals surface area contributed by atoms with Gasteiger partial charge in [-0.15, -0.1) is 0 Å². The maximum atomic E-state index is 5.42. The number of hydrogen-bond acceptors (Lipinski definition) is 2. The fourth-order valence-electron chi connectivity index (χ4n) is 1.29. The van der Waals surface area contributed by atoms with E-state index in [4.69, 9.17) is 4.84 Å². The van der Waals surface area contributed by atoms with Crippen LogP contribution in [-0.4, -0.2) is 0 Å². The highest BCUT2D eigenvalue weighted by molar-refractivity contribution is 5.49. The lowest BCUT2D eigenvalue weighted by molar-refractivity contribution is 0.404. The topological polar surface area (TPSA) is 21.3 Å². The summed E-state index contributed by atoms with van der Waals surface area (Å²) in [6, 6.07) is 17.7. The van der Waals surface area contributed by atoms with Crippen LogP contribution in [0.4, 0.5) is 5.69 Å². The fourth-order valence-corrected chi connectivity index (χ4v) is 1.29. The SMILES string of the molecule is Cc1ccccc1NOc1ccccc1. The molecule has 0 spiro atoms. The second-order valence-corrected chi connectivity index (χ2v) is 3.33. The van der Waals surface area contributed by atoms with Crippen molar-refractivity contribution >= 4 is 5.69 Å². The van der Waals surface area contributed by atoms with Gasteiger partial charge >= 0.3 is 0 Å². The Hall–Kier alpha value is -1.96. The maximum Gasteiger partial charge on any atom is 0.155 e. The molecular formula is C13H13NO. The van der Waals surface area contributed by atoms with Crippen molar-refractivity contribution in [1.82, 2.24) is 0 Å². The summed E-state index contributed by atoms with van der Waals surface area (Å²) in [5.74, 6) is 0.806. The average molecular weight is 199 g/mol. The van der Waals surface area contributed by atoms with Crippen LogP contribution in [0.5, 0.6) is 5.75 Å². The van der Waals surface area contributed by atoms with Crippen LogP contribution in [-0.2, 0) is 0 Å². The number of benzene rings is 2. The first-order valence-electron chi connectivity index (χ1n) is 4.90. The third kappa shape index (κ3) is 2.50. The summed E-state index contributed by atoms with van der Waals surface area (Å²) in [4.78, 5) is 5.42. The predicted octanol–water partition coefficient (Wildman–Crippen LogP) is 3.40. The van der Waals surface area contributed by atoms with Crippen molar-refractivity contribution in [3.8, 4) is 5.75 Å². The molecular weight excluding hydrogens is 186 g/mol. The minimum atomic E-state index is 0.806. The first kappa shape index (κ1) is 9.59. The Kier molecular flexibility index (Phi) is 2.88. The van der Waals surface area contributed by atoms with Gasteiger partial charge in [0.05, 0.1) is 5.69 Å². The lowest BCUT2D eigenvalue weighted by atomic mass is 10.2. The van der Waals surface area contributed by atoms with Crippen molar-refractivity contribution < 1.29 is 4.84 Å². The van der Waals surface area contributed by atoms with Crippen LogP contribution in [0, 0.1) is 6.92 Å². The quantitative estimate of drug-likeness (QED) is 0.765. The van der Waals surface area contributed by atoms with Gasteiger partial charge in [-0.3, -0.25) is 0 Å². The van der Waals surface area contributed by atoms with E-state index in [2.05, 4.69) is 5.48 Å². The molecule has 0 radical (unpaired) electrons. The number of para-hydroxylation sites is 2. The fraction of sp³-hybridized carbons (Fsp3) is 0.0769. The van der Waals surface area contributed by atoms with Crippen molar-refractivity contribution in [3.63, 3.8) is 0 Å². The third-order valence-electron chi connectivity index (χ3n) is 2.17. The van der Waals surface area contributed by atoms with Gasteiger partial charge in [0.25, 0.3) is 0 Å². The zero-order valence-corrected chi connectivity index (χ0v) is 8.60. The molecule has 76 valence electrons. The smallest absolute Gasteiger partial charge is 0.155 e. The van der Waals surface area contributed by atoms with E-state index in [1.807, 2.05) is 61.5 Å². The van der Waals surface area contributed by atoms with Gasteiger partial charge < -0.3 is 4.84 Å². The maximum absolute atomic E-state index is 5.42. The molecule has 0 bridgehead atoms. The van der Waals surface area contributed by atoms with Gasteiger partial charge in [0, 0.05) is 0 Å². The summed E-state index contributed by atoms with van der Waals surface area (Å²) in [6.07, 6.45) is 0. The number of anilines is 1. The molecule has 0 aliphatic heterocycles. The van der Waals surface area contributed by atoms with Crippen LogP contribution < -0.4 is 10.3 Å². The molecule has 0 aliphatic rings. The normalized spacial score (nSPS) is 9.67. The highest BCUT2D eigenvalue weighted by Crippen LogP contribution is 2.15. The molecule has 1 N–H and O–H groups in total. The lowest BCUT2D eigenvalue weighted by Crippen LogP contribution is -2.05. The van der Waals surface area contributed by atoms with E-state index >= 15 is 0 Å². The van der Waals surface area contributed by atoms with E-state index in [-0.39, 0.29) is 0 Å². The first-order chi connectivity index (χ1) is 7.36. The molecule has 2 nitrogen and oxygen atoms in total. The molecule has 2 rings (SSSR count). The zero-order valence-electron chi connectivity index (χ0n) is 8.60. The molecule has 0 unspecified atom stereocenters. The minimum Gasteiger partial charge on any atom is -0.382 e. The molecule has 15 heavy (non-hydrogen) atoms. The zero-order chi connectivity index (χ0) is 10.5. The number of hydrogen-bond donors (Lipinski definition) is 1. The Bertz CT molecular complexity index is 426. The van der Waals surface area contributed by atoms with Crippen LogP contribution in [0.25, 0.3) is 0 Å². The number of aryl methyl sites for hydroxylation is 1. The van der Waals surface area contributed by atoms with Gasteiger partial charge in [0.15, 0.2) is 5.75 Å². The van der Waals surface area contributed by atoms with E-state index in [0.29, 0.717) is 0 Å². The second kappa shape index (κ2) is 4.51. The van der Waals surface area contributed by atoms with E-state index in [9.17, 15) is 0 Å². The van der Waals surface area contributed by atoms with Crippen molar-refractivity contribution in [1.29, 1.82) is 0 Å². The summed E-state index contributed by atoms with van der Waals surface area (Å²) in [5, 5.41) is 0. The largest absolute Gasteiger partial charge is 0.382 e. The molecule has 2 aromatic rings. The first-order valence-corrected chi connectivity index (χ1v) is 4.90. The van der Waals surface area contributed by atoms with Gasteiger partial charge in [-0.2, -0.15) is 0 Å². The van der Waals surface area contributed by atoms with Crippen LogP contribution in [0.2, 0.25) is 0 Å². The minimum absolute atomic E-state index is 0.806. The summed E-state index contributed by atoms with van der Waals surface area (Å²) in [6.45, 7) is 2.04. The Morgan fingerprint density at radius 3 is 2.27 bits per heavy atom. The van der Waals surface area contributed by atoms with E-state index in [1.54, 1.807) is 0 Å². The molecule has 2 aromatic carbocycles. The van der Waals surface area contributed by atoms with Crippen molar-refractivity contribution in [2.45, 2.75) is 6.92 Å². The lowest BCUT2D eigenvalue weighted by Gasteiger charge is -2.09. The number of rotatable bonds is 3. The van der Waals surface area contributed by atoms with E-state index in [0.717, 1.165) is 17.0 Å². The van der Waals surface area contributed by atoms with Crippen molar-refractivity contribution in [2.75, 3.05) is 5.48 Å². The summed E-state index contributed by atoms with van der Waals surface area (Å²) >= 11 is 0. The summed E-state index contributed by atoms with van der Waals surface area (Å²) in [5.41, 5.74) is 5.08. The summed E-state index contributed by atoms with van der Waals surface area (Å²) in [7, 11) is 0. The van der Waals surface area contributed by atoms with Gasteiger partial charge in [-0.05, 0) is 30.7 Å². The highest BCUT2D eigenvalue weighted by Gasteiger charge is 1.96. The van der Waals surface area contributed by atoms with Crippen LogP contribution in [0.15, 0.2) is 54.6 Å². The highest BCUT2D eigenvalue weighted by atomic mass is 16.6. The predicted molar refractivity (Wildman–Crippen MR) is 61.9 cm³/mol. The molecule has 0 atom stereocenters. The van der Waals surface area contributed by atoms with Crippen LogP contribution in [0.1, 0.15) is 5.56 Å². The third-order valence-corrected chi connectivity index (χ3v) is 2.17. The van der Waals surface area contributed by atoms with E-state index < -0.39 is 0 Å². The Labute approximate surface area is 89.5 Å². The van der Waals surface area contributed by atoms with Gasteiger partial charge in [-0.1, -0.05) is 36.4 Å². The van der Waals surface area contributed by atoms with Gasteiger partial charge in [0.2, 0.25) is 0 Å². The molecule has 0 aromatic heterocycles. The molecule has 0 fully saturated rings. The monoisotopic (exact) mass is 199 g/mol. The second-order valence-electron chi connectivity index (χ2n) is 3.33. The molecule has 0 aliphatic carbocycles. The molecule has 0 heterocycles. The van der Waals surface area contributed by atoms with Crippen LogP contribution in [0.3, 0.4) is 0 Å². The van der Waals surface area contributed by atoms with E-state index in [1.165, 1.54) is 0 Å². The van der Waals surface area contributed by atoms with Crippen molar-refractivity contribution in [2.24, 2.45) is 0 Å². The standard InChI is InChI=1S/C13H13NO/c1-11-7-5-6-10-13(11)14-15-12-8-3-2-4-9-12/h2-10,14H,1H3. The van der Waals surface area contributed by atoms with Crippen LogP contribution >= 0.6 is 0 Å². The Morgan fingerprint density at radius 2 is 1.53 bits per heavy atom. The molecule has 0 amide bonds. The molecule has 0 saturated carbocycles. The molecule has 2 heteroatoms. The summed E-state index contributed by atoms with van der Waals surface area (Å²) < 4.78 is 0. The number of nitrogens with one attached hydrogen (secondary N) is 1. The van der Waals surface area contributed by atoms with Crippen molar-refractivity contribution in [3.05, 3.63) is 60.2 Å². The average Bonchev–Trinajstić information content (AvgIpc) is 2.29. The molecule has 0 saturated heterocycles. The van der Waals surface area contributed by atoms with Gasteiger partial charge in [0.1, 0.15) is 0 Å². The Morgan fingerprint density at radius 1 is 0.867 bits per heavy atom. The van der Waals surface area contributed by atoms with Gasteiger partial charge in [-0.25, -0.2) is 5.48 Å². The Balaban J connectivity index is 2.03.